The van der Waals surface area contributed by atoms with Crippen LogP contribution in [0, 0.1) is 0 Å². The van der Waals surface area contributed by atoms with E-state index in [2.05, 4.69) is 47.8 Å². The van der Waals surface area contributed by atoms with Crippen molar-refractivity contribution in [3.8, 4) is 5.75 Å². The standard InChI is InChI=1S/C10H7Br3O4/c11-5-3-6(12)10(7(13)4-5)17-9(16)2-1-8(14)15/h3-4H,1-2H2,(H,14,15). The first-order valence-electron chi connectivity index (χ1n) is 4.47. The van der Waals surface area contributed by atoms with Crippen LogP contribution in [0.2, 0.25) is 0 Å². The largest absolute Gasteiger partial charge is 0.481 e. The average Bonchev–Trinajstić information content (AvgIpc) is 2.20. The number of carbonyl (C=O) groups is 2. The van der Waals surface area contributed by atoms with Gasteiger partial charge >= 0.3 is 11.9 Å². The number of benzene rings is 1. The Morgan fingerprint density at radius 2 is 1.65 bits per heavy atom. The molecule has 0 atom stereocenters. The number of rotatable bonds is 4. The minimum absolute atomic E-state index is 0.162. The maximum absolute atomic E-state index is 11.4. The van der Waals surface area contributed by atoms with Gasteiger partial charge in [-0.05, 0) is 44.0 Å². The lowest BCUT2D eigenvalue weighted by molar-refractivity contribution is -0.142. The molecule has 1 aromatic rings. The second-order valence-electron chi connectivity index (χ2n) is 3.07. The number of hydrogen-bond donors (Lipinski definition) is 1. The molecule has 4 nitrogen and oxygen atoms in total. The number of carbonyl (C=O) groups excluding carboxylic acids is 1. The normalized spacial score (nSPS) is 10.1. The van der Waals surface area contributed by atoms with Gasteiger partial charge in [0.15, 0.2) is 5.75 Å². The smallest absolute Gasteiger partial charge is 0.311 e. The van der Waals surface area contributed by atoms with Crippen molar-refractivity contribution in [3.63, 3.8) is 0 Å². The molecule has 1 aromatic carbocycles. The van der Waals surface area contributed by atoms with Gasteiger partial charge in [-0.15, -0.1) is 0 Å². The Balaban J connectivity index is 2.75. The molecule has 0 bridgehead atoms. The van der Waals surface area contributed by atoms with E-state index in [0.29, 0.717) is 14.7 Å². The molecule has 0 aliphatic carbocycles. The SMILES string of the molecule is O=C(O)CCC(=O)Oc1c(Br)cc(Br)cc1Br. The molecule has 0 radical (unpaired) electrons. The first kappa shape index (κ1) is 14.7. The van der Waals surface area contributed by atoms with Gasteiger partial charge in [0.1, 0.15) is 0 Å². The van der Waals surface area contributed by atoms with Crippen molar-refractivity contribution in [1.82, 2.24) is 0 Å². The Hall–Kier alpha value is -0.400. The van der Waals surface area contributed by atoms with Crippen LogP contribution in [0.1, 0.15) is 12.8 Å². The topological polar surface area (TPSA) is 63.6 Å². The predicted molar refractivity (Wildman–Crippen MR) is 72.0 cm³/mol. The lowest BCUT2D eigenvalue weighted by Gasteiger charge is -2.08. The summed E-state index contributed by atoms with van der Waals surface area (Å²) < 4.78 is 7.08. The molecule has 0 fully saturated rings. The van der Waals surface area contributed by atoms with E-state index >= 15 is 0 Å². The number of carboxylic acid groups (broad SMARTS) is 1. The second kappa shape index (κ2) is 6.51. The monoisotopic (exact) mass is 428 g/mol. The van der Waals surface area contributed by atoms with Crippen LogP contribution in [0.3, 0.4) is 0 Å². The number of esters is 1. The van der Waals surface area contributed by atoms with Crippen molar-refractivity contribution < 1.29 is 19.4 Å². The maximum Gasteiger partial charge on any atom is 0.311 e. The molecule has 0 saturated heterocycles. The van der Waals surface area contributed by atoms with E-state index in [0.717, 1.165) is 4.47 Å². The Labute approximate surface area is 123 Å². The fourth-order valence-corrected chi connectivity index (χ4v) is 3.42. The van der Waals surface area contributed by atoms with Crippen LogP contribution in [0.15, 0.2) is 25.6 Å². The summed E-state index contributed by atoms with van der Waals surface area (Å²) in [4.78, 5) is 21.7. The van der Waals surface area contributed by atoms with E-state index < -0.39 is 11.9 Å². The van der Waals surface area contributed by atoms with Gasteiger partial charge in [-0.3, -0.25) is 9.59 Å². The summed E-state index contributed by atoms with van der Waals surface area (Å²) in [5.74, 6) is -1.28. The molecule has 1 N–H and O–H groups in total. The van der Waals surface area contributed by atoms with Crippen LogP contribution in [0.25, 0.3) is 0 Å². The van der Waals surface area contributed by atoms with E-state index in [1.54, 1.807) is 12.1 Å². The molecule has 7 heteroatoms. The van der Waals surface area contributed by atoms with Crippen molar-refractivity contribution >= 4 is 59.7 Å². The first-order chi connectivity index (χ1) is 7.90. The Morgan fingerprint density at radius 1 is 1.12 bits per heavy atom. The molecule has 0 spiro atoms. The van der Waals surface area contributed by atoms with E-state index in [-0.39, 0.29) is 12.8 Å². The molecule has 92 valence electrons. The van der Waals surface area contributed by atoms with Gasteiger partial charge in [-0.2, -0.15) is 0 Å². The number of halogens is 3. The molecule has 0 unspecified atom stereocenters. The molecule has 17 heavy (non-hydrogen) atoms. The van der Waals surface area contributed by atoms with Crippen molar-refractivity contribution in [2.24, 2.45) is 0 Å². The Morgan fingerprint density at radius 3 is 2.12 bits per heavy atom. The van der Waals surface area contributed by atoms with Gasteiger partial charge in [-0.1, -0.05) is 15.9 Å². The summed E-state index contributed by atoms with van der Waals surface area (Å²) in [5.41, 5.74) is 0. The minimum atomic E-state index is -1.03. The fraction of sp³-hybridized carbons (Fsp3) is 0.200. The van der Waals surface area contributed by atoms with Crippen molar-refractivity contribution in [3.05, 3.63) is 25.6 Å². The van der Waals surface area contributed by atoms with Gasteiger partial charge in [0, 0.05) is 4.47 Å². The zero-order valence-electron chi connectivity index (χ0n) is 8.37. The third-order valence-electron chi connectivity index (χ3n) is 1.72. The summed E-state index contributed by atoms with van der Waals surface area (Å²) in [6.07, 6.45) is -0.408. The number of ether oxygens (including phenoxy) is 1. The van der Waals surface area contributed by atoms with Gasteiger partial charge in [0.05, 0.1) is 21.8 Å². The molecular formula is C10H7Br3O4. The predicted octanol–water partition coefficient (Wildman–Crippen LogP) is 3.74. The van der Waals surface area contributed by atoms with Crippen LogP contribution in [0.5, 0.6) is 5.75 Å². The summed E-state index contributed by atoms with van der Waals surface area (Å²) in [6.45, 7) is 0. The van der Waals surface area contributed by atoms with Crippen molar-refractivity contribution in [2.75, 3.05) is 0 Å². The van der Waals surface area contributed by atoms with Gasteiger partial charge in [-0.25, -0.2) is 0 Å². The number of carboxylic acids is 1. The number of aliphatic carboxylic acids is 1. The highest BCUT2D eigenvalue weighted by Crippen LogP contribution is 2.36. The molecule has 1 rings (SSSR count). The highest BCUT2D eigenvalue weighted by Gasteiger charge is 2.13. The van der Waals surface area contributed by atoms with E-state index in [1.807, 2.05) is 0 Å². The van der Waals surface area contributed by atoms with Crippen molar-refractivity contribution in [2.45, 2.75) is 12.8 Å². The van der Waals surface area contributed by atoms with Crippen LogP contribution >= 0.6 is 47.8 Å². The molecule has 0 aliphatic heterocycles. The first-order valence-corrected chi connectivity index (χ1v) is 6.85. The average molecular weight is 431 g/mol. The van der Waals surface area contributed by atoms with E-state index in [9.17, 15) is 9.59 Å². The molecule has 0 aliphatic rings. The Bertz CT molecular complexity index is 436. The van der Waals surface area contributed by atoms with E-state index in [4.69, 9.17) is 9.84 Å². The van der Waals surface area contributed by atoms with E-state index in [1.165, 1.54) is 0 Å². The van der Waals surface area contributed by atoms with Crippen LogP contribution in [0.4, 0.5) is 0 Å². The van der Waals surface area contributed by atoms with Gasteiger partial charge in [0.25, 0.3) is 0 Å². The van der Waals surface area contributed by atoms with Crippen LogP contribution in [-0.2, 0) is 9.59 Å². The zero-order valence-corrected chi connectivity index (χ0v) is 13.1. The maximum atomic E-state index is 11.4. The highest BCUT2D eigenvalue weighted by molar-refractivity contribution is 9.11. The third kappa shape index (κ3) is 4.77. The summed E-state index contributed by atoms with van der Waals surface area (Å²) >= 11 is 9.79. The van der Waals surface area contributed by atoms with Gasteiger partial charge in [0.2, 0.25) is 0 Å². The molecular weight excluding hydrogens is 424 g/mol. The second-order valence-corrected chi connectivity index (χ2v) is 5.69. The number of hydrogen-bond acceptors (Lipinski definition) is 3. The lowest BCUT2D eigenvalue weighted by Crippen LogP contribution is -2.10. The minimum Gasteiger partial charge on any atom is -0.481 e. The quantitative estimate of drug-likeness (QED) is 0.583. The fourth-order valence-electron chi connectivity index (χ4n) is 1.00. The summed E-state index contributed by atoms with van der Waals surface area (Å²) in [6, 6.07) is 3.45. The molecule has 0 aromatic heterocycles. The van der Waals surface area contributed by atoms with Crippen molar-refractivity contribution in [1.29, 1.82) is 0 Å². The summed E-state index contributed by atoms with van der Waals surface area (Å²) in [7, 11) is 0. The van der Waals surface area contributed by atoms with Crippen LogP contribution < -0.4 is 4.74 Å². The highest BCUT2D eigenvalue weighted by atomic mass is 79.9. The molecule has 0 amide bonds. The lowest BCUT2D eigenvalue weighted by atomic mass is 10.3. The summed E-state index contributed by atoms with van der Waals surface area (Å²) in [5, 5.41) is 8.44. The molecule has 0 saturated carbocycles. The zero-order chi connectivity index (χ0) is 13.0. The third-order valence-corrected chi connectivity index (χ3v) is 3.36. The Kier molecular flexibility index (Phi) is 5.61. The molecule has 0 heterocycles. The van der Waals surface area contributed by atoms with Gasteiger partial charge < -0.3 is 9.84 Å². The van der Waals surface area contributed by atoms with Crippen LogP contribution in [-0.4, -0.2) is 17.0 Å².